The van der Waals surface area contributed by atoms with Crippen LogP contribution in [-0.2, 0) is 37.1 Å². The summed E-state index contributed by atoms with van der Waals surface area (Å²) in [4.78, 5) is 51.5. The van der Waals surface area contributed by atoms with Crippen LogP contribution in [0.4, 0.5) is 4.79 Å². The van der Waals surface area contributed by atoms with Crippen LogP contribution in [0.3, 0.4) is 0 Å². The number of rotatable bonds is 21. The minimum absolute atomic E-state index is 0.0267. The van der Waals surface area contributed by atoms with Crippen molar-refractivity contribution < 1.29 is 49.1 Å². The number of carbonyl (C=O) groups excluding carboxylic acids is 2. The predicted molar refractivity (Wildman–Crippen MR) is 175 cm³/mol. The number of unbranched alkanes of at least 4 members (excludes halogenated alkanes) is 2. The van der Waals surface area contributed by atoms with Gasteiger partial charge in [0.05, 0.1) is 36.9 Å². The fraction of sp³-hybridized carbons (Fsp3) is 0.429. The van der Waals surface area contributed by atoms with Gasteiger partial charge in [-0.05, 0) is 43.2 Å². The molecule has 0 aliphatic carbocycles. The molecule has 2 atom stereocenters. The van der Waals surface area contributed by atoms with Crippen LogP contribution in [0.1, 0.15) is 56.1 Å². The molecule has 0 bridgehead atoms. The lowest BCUT2D eigenvalue weighted by atomic mass is 9.98. The summed E-state index contributed by atoms with van der Waals surface area (Å²) >= 11 is 0. The van der Waals surface area contributed by atoms with Gasteiger partial charge in [0.1, 0.15) is 19.3 Å². The molecule has 2 aromatic carbocycles. The molecule has 1 amide bonds. The van der Waals surface area contributed by atoms with E-state index in [1.54, 1.807) is 29.4 Å². The number of carboxylic acids is 2. The first-order valence-electron chi connectivity index (χ1n) is 16.0. The molecule has 260 valence electrons. The number of aliphatic carboxylic acids is 2. The number of ether oxygens (including phenoxy) is 2. The summed E-state index contributed by atoms with van der Waals surface area (Å²) in [6.07, 6.45) is 5.00. The Hall–Kier alpha value is -4.88. The van der Waals surface area contributed by atoms with Crippen molar-refractivity contribution in [2.24, 2.45) is 5.92 Å². The number of carbonyl (C=O) groups is 4. The van der Waals surface area contributed by atoms with E-state index in [1.165, 1.54) is 0 Å². The second-order valence-electron chi connectivity index (χ2n) is 11.4. The van der Waals surface area contributed by atoms with E-state index in [0.717, 1.165) is 11.1 Å². The van der Waals surface area contributed by atoms with Crippen molar-refractivity contribution in [1.29, 1.82) is 0 Å². The van der Waals surface area contributed by atoms with E-state index in [-0.39, 0.29) is 45.7 Å². The lowest BCUT2D eigenvalue weighted by molar-refractivity contribution is -0.152. The second kappa shape index (κ2) is 20.4. The smallest absolute Gasteiger partial charge is 0.408 e. The highest BCUT2D eigenvalue weighted by Gasteiger charge is 2.24. The molecule has 1 aliphatic rings. The number of alkyl carbamates (subject to hydrolysis) is 1. The fourth-order valence-electron chi connectivity index (χ4n) is 5.19. The Kier molecular flexibility index (Phi) is 16.0. The van der Waals surface area contributed by atoms with Gasteiger partial charge in [-0.3, -0.25) is 9.59 Å². The van der Waals surface area contributed by atoms with Gasteiger partial charge in [0, 0.05) is 25.5 Å². The Morgan fingerprint density at radius 2 is 1.23 bits per heavy atom. The first kappa shape index (κ1) is 37.6. The first-order chi connectivity index (χ1) is 23.2. The number of benzene rings is 2. The topological polar surface area (TPSA) is 186 Å². The van der Waals surface area contributed by atoms with E-state index in [4.69, 9.17) is 9.47 Å². The molecule has 13 heteroatoms. The Labute approximate surface area is 280 Å². The summed E-state index contributed by atoms with van der Waals surface area (Å²) in [5.74, 6) is -3.69. The SMILES string of the molecule is O=C(C[C@@H](CCCCN1C(CO)=CN(CCCC[C@H](NC(=O)OCc2ccccc2)C(=O)O)C=C1CO)C(=O)O)OCc1ccccc1. The normalized spacial score (nSPS) is 14.0. The third kappa shape index (κ3) is 13.1. The summed E-state index contributed by atoms with van der Waals surface area (Å²) in [5, 5.41) is 41.7. The molecule has 0 radical (unpaired) electrons. The van der Waals surface area contributed by atoms with Gasteiger partial charge in [0.2, 0.25) is 0 Å². The molecule has 0 saturated carbocycles. The molecule has 3 rings (SSSR count). The molecule has 13 nitrogen and oxygen atoms in total. The standard InChI is InChI=1S/C35H45N3O10/c39-22-29-20-37(17-9-8-16-31(34(44)45)36-35(46)48-25-27-13-5-2-6-14-27)21-30(23-40)38(29)18-10-7-15-28(33(42)43)19-32(41)47-24-26-11-3-1-4-12-26/h1-6,11-14,20-21,28,31,39-40H,7-10,15-19,22-25H2,(H,36,46)(H,42,43)(H,44,45)/t28-,31+/m1/s1. The van der Waals surface area contributed by atoms with Gasteiger partial charge in [0.25, 0.3) is 0 Å². The maximum absolute atomic E-state index is 12.3. The molecular formula is C35H45N3O10. The van der Waals surface area contributed by atoms with Gasteiger partial charge in [-0.2, -0.15) is 0 Å². The van der Waals surface area contributed by atoms with Crippen molar-refractivity contribution in [3.05, 3.63) is 95.6 Å². The molecule has 0 unspecified atom stereocenters. The third-order valence-electron chi connectivity index (χ3n) is 7.80. The molecular weight excluding hydrogens is 622 g/mol. The average Bonchev–Trinajstić information content (AvgIpc) is 3.09. The van der Waals surface area contributed by atoms with Crippen molar-refractivity contribution in [2.75, 3.05) is 26.3 Å². The van der Waals surface area contributed by atoms with Crippen LogP contribution in [0.25, 0.3) is 0 Å². The van der Waals surface area contributed by atoms with Gasteiger partial charge >= 0.3 is 24.0 Å². The number of nitrogens with zero attached hydrogens (tertiary/aromatic N) is 2. The number of aliphatic hydroxyl groups excluding tert-OH is 2. The summed E-state index contributed by atoms with van der Waals surface area (Å²) in [5.41, 5.74) is 2.70. The molecule has 0 aromatic heterocycles. The van der Waals surface area contributed by atoms with Crippen molar-refractivity contribution in [3.63, 3.8) is 0 Å². The number of hydrogen-bond acceptors (Lipinski definition) is 10. The molecule has 1 aliphatic heterocycles. The zero-order valence-corrected chi connectivity index (χ0v) is 26.9. The maximum atomic E-state index is 12.3. The molecule has 5 N–H and O–H groups in total. The number of carboxylic acid groups (broad SMARTS) is 2. The Morgan fingerprint density at radius 1 is 0.688 bits per heavy atom. The van der Waals surface area contributed by atoms with E-state index < -0.39 is 36.0 Å². The molecule has 0 fully saturated rings. The highest BCUT2D eigenvalue weighted by atomic mass is 16.5. The van der Waals surface area contributed by atoms with Crippen LogP contribution in [0, 0.1) is 5.92 Å². The van der Waals surface area contributed by atoms with Crippen molar-refractivity contribution in [1.82, 2.24) is 15.1 Å². The molecule has 0 spiro atoms. The molecule has 1 heterocycles. The van der Waals surface area contributed by atoms with Crippen LogP contribution >= 0.6 is 0 Å². The summed E-state index contributed by atoms with van der Waals surface area (Å²) < 4.78 is 10.4. The maximum Gasteiger partial charge on any atom is 0.408 e. The summed E-state index contributed by atoms with van der Waals surface area (Å²) in [6.45, 7) is 0.412. The number of amides is 1. The zero-order chi connectivity index (χ0) is 34.7. The fourth-order valence-corrected chi connectivity index (χ4v) is 5.19. The highest BCUT2D eigenvalue weighted by Crippen LogP contribution is 2.23. The minimum atomic E-state index is -1.16. The lowest BCUT2D eigenvalue weighted by Crippen LogP contribution is -2.41. The van der Waals surface area contributed by atoms with E-state index in [1.807, 2.05) is 53.4 Å². The molecule has 48 heavy (non-hydrogen) atoms. The van der Waals surface area contributed by atoms with Crippen molar-refractivity contribution in [3.8, 4) is 0 Å². The lowest BCUT2D eigenvalue weighted by Gasteiger charge is -2.35. The van der Waals surface area contributed by atoms with E-state index in [2.05, 4.69) is 5.32 Å². The van der Waals surface area contributed by atoms with Crippen LogP contribution < -0.4 is 5.32 Å². The first-order valence-corrected chi connectivity index (χ1v) is 16.0. The summed E-state index contributed by atoms with van der Waals surface area (Å²) in [7, 11) is 0. The van der Waals surface area contributed by atoms with Crippen LogP contribution in [0.2, 0.25) is 0 Å². The van der Waals surface area contributed by atoms with E-state index >= 15 is 0 Å². The highest BCUT2D eigenvalue weighted by molar-refractivity contribution is 5.80. The zero-order valence-electron chi connectivity index (χ0n) is 26.9. The Morgan fingerprint density at radius 3 is 1.77 bits per heavy atom. The second-order valence-corrected chi connectivity index (χ2v) is 11.4. The molecule has 2 aromatic rings. The van der Waals surface area contributed by atoms with Crippen LogP contribution in [0.15, 0.2) is 84.5 Å². The monoisotopic (exact) mass is 667 g/mol. The summed E-state index contributed by atoms with van der Waals surface area (Å²) in [6, 6.07) is 17.1. The third-order valence-corrected chi connectivity index (χ3v) is 7.80. The average molecular weight is 668 g/mol. The van der Waals surface area contributed by atoms with Gasteiger partial charge in [-0.15, -0.1) is 0 Å². The quantitative estimate of drug-likeness (QED) is 0.0959. The Balaban J connectivity index is 1.41. The van der Waals surface area contributed by atoms with E-state index in [0.29, 0.717) is 50.2 Å². The number of hydrogen-bond donors (Lipinski definition) is 5. The predicted octanol–water partition coefficient (Wildman–Crippen LogP) is 3.83. The van der Waals surface area contributed by atoms with Gasteiger partial charge in [-0.1, -0.05) is 67.1 Å². The number of esters is 1. The minimum Gasteiger partial charge on any atom is -0.481 e. The van der Waals surface area contributed by atoms with Crippen molar-refractivity contribution in [2.45, 2.75) is 64.2 Å². The van der Waals surface area contributed by atoms with Gasteiger partial charge < -0.3 is 45.0 Å². The Bertz CT molecular complexity index is 1360. The number of aliphatic hydroxyl groups is 2. The van der Waals surface area contributed by atoms with E-state index in [9.17, 15) is 39.6 Å². The van der Waals surface area contributed by atoms with Gasteiger partial charge in [-0.25, -0.2) is 9.59 Å². The molecule has 0 saturated heterocycles. The van der Waals surface area contributed by atoms with Crippen LogP contribution in [0.5, 0.6) is 0 Å². The largest absolute Gasteiger partial charge is 0.481 e. The van der Waals surface area contributed by atoms with Crippen molar-refractivity contribution >= 4 is 24.0 Å². The number of nitrogens with one attached hydrogen (secondary N) is 1. The van der Waals surface area contributed by atoms with Gasteiger partial charge in [0.15, 0.2) is 0 Å². The van der Waals surface area contributed by atoms with Crippen LogP contribution in [-0.4, -0.2) is 86.6 Å².